The van der Waals surface area contributed by atoms with E-state index in [0.717, 1.165) is 6.07 Å². The summed E-state index contributed by atoms with van der Waals surface area (Å²) in [5.74, 6) is -1.61. The summed E-state index contributed by atoms with van der Waals surface area (Å²) in [5, 5.41) is 18.5. The largest absolute Gasteiger partial charge is 0.385 e. The van der Waals surface area contributed by atoms with Crippen LogP contribution in [0.5, 0.6) is 0 Å². The summed E-state index contributed by atoms with van der Waals surface area (Å²) in [6.07, 6.45) is -3.22. The quantitative estimate of drug-likeness (QED) is 0.625. The van der Waals surface area contributed by atoms with E-state index >= 15 is 0 Å². The van der Waals surface area contributed by atoms with Crippen molar-refractivity contribution in [2.75, 3.05) is 0 Å². The van der Waals surface area contributed by atoms with Crippen molar-refractivity contribution in [3.63, 3.8) is 0 Å². The number of benzene rings is 1. The molecule has 4 nitrogen and oxygen atoms in total. The van der Waals surface area contributed by atoms with Gasteiger partial charge in [-0.15, -0.1) is 0 Å². The number of aliphatic hydroxyl groups excluding tert-OH is 2. The van der Waals surface area contributed by atoms with Crippen LogP contribution in [0.4, 0.5) is 4.39 Å². The number of hydrogen-bond acceptors (Lipinski definition) is 3. The number of nitrogens with two attached hydrogens (primary N) is 1. The molecular weight excluding hydrogens is 189 g/mol. The first-order valence-corrected chi connectivity index (χ1v) is 3.93. The van der Waals surface area contributed by atoms with Crippen molar-refractivity contribution in [3.05, 3.63) is 35.6 Å². The lowest BCUT2D eigenvalue weighted by Gasteiger charge is -2.14. The topological polar surface area (TPSA) is 83.6 Å². The maximum Gasteiger partial charge on any atom is 0.249 e. The Kier molecular flexibility index (Phi) is 3.16. The molecule has 14 heavy (non-hydrogen) atoms. The van der Waals surface area contributed by atoms with Crippen LogP contribution in [0.25, 0.3) is 0 Å². The third-order valence-corrected chi connectivity index (χ3v) is 1.78. The molecule has 0 saturated heterocycles. The fourth-order valence-corrected chi connectivity index (χ4v) is 1.03. The van der Waals surface area contributed by atoms with Crippen molar-refractivity contribution in [1.82, 2.24) is 0 Å². The molecular formula is C9H10FNO3. The zero-order valence-corrected chi connectivity index (χ0v) is 7.22. The number of aliphatic hydroxyl groups is 2. The average molecular weight is 199 g/mol. The minimum atomic E-state index is -1.73. The maximum atomic E-state index is 12.7. The Morgan fingerprint density at radius 1 is 1.43 bits per heavy atom. The van der Waals surface area contributed by atoms with Gasteiger partial charge in [-0.1, -0.05) is 12.1 Å². The Hall–Kier alpha value is -1.46. The maximum absolute atomic E-state index is 12.7. The van der Waals surface area contributed by atoms with Crippen LogP contribution in [0.2, 0.25) is 0 Å². The third kappa shape index (κ3) is 2.27. The fourth-order valence-electron chi connectivity index (χ4n) is 1.03. The van der Waals surface area contributed by atoms with Crippen molar-refractivity contribution in [1.29, 1.82) is 0 Å². The zero-order valence-electron chi connectivity index (χ0n) is 7.22. The molecule has 0 aliphatic heterocycles. The average Bonchev–Trinajstić information content (AvgIpc) is 2.15. The number of amides is 1. The summed E-state index contributed by atoms with van der Waals surface area (Å²) in [6, 6.07) is 4.96. The highest BCUT2D eigenvalue weighted by atomic mass is 19.1. The van der Waals surface area contributed by atoms with Crippen molar-refractivity contribution < 1.29 is 19.4 Å². The number of carbonyl (C=O) groups is 1. The first kappa shape index (κ1) is 10.6. The van der Waals surface area contributed by atoms with Gasteiger partial charge in [0, 0.05) is 0 Å². The van der Waals surface area contributed by atoms with Crippen molar-refractivity contribution >= 4 is 5.91 Å². The molecule has 0 heterocycles. The van der Waals surface area contributed by atoms with Gasteiger partial charge in [0.15, 0.2) is 6.10 Å². The van der Waals surface area contributed by atoms with Gasteiger partial charge in [0.25, 0.3) is 0 Å². The molecule has 0 aromatic heterocycles. The van der Waals surface area contributed by atoms with Crippen LogP contribution in [0.3, 0.4) is 0 Å². The summed E-state index contributed by atoms with van der Waals surface area (Å²) < 4.78 is 12.7. The van der Waals surface area contributed by atoms with Gasteiger partial charge < -0.3 is 15.9 Å². The van der Waals surface area contributed by atoms with Gasteiger partial charge >= 0.3 is 0 Å². The fraction of sp³-hybridized carbons (Fsp3) is 0.222. The molecule has 1 aromatic carbocycles. The van der Waals surface area contributed by atoms with Crippen molar-refractivity contribution in [2.45, 2.75) is 12.2 Å². The molecule has 4 N–H and O–H groups in total. The Morgan fingerprint density at radius 2 is 2.07 bits per heavy atom. The van der Waals surface area contributed by atoms with E-state index in [2.05, 4.69) is 0 Å². The minimum Gasteiger partial charge on any atom is -0.385 e. The monoisotopic (exact) mass is 199 g/mol. The number of rotatable bonds is 3. The van der Waals surface area contributed by atoms with Crippen molar-refractivity contribution in [2.24, 2.45) is 5.73 Å². The highest BCUT2D eigenvalue weighted by Crippen LogP contribution is 2.17. The van der Waals surface area contributed by atoms with Gasteiger partial charge in [-0.3, -0.25) is 4.79 Å². The molecule has 0 aliphatic rings. The molecule has 0 spiro atoms. The second-order valence-corrected chi connectivity index (χ2v) is 2.85. The third-order valence-electron chi connectivity index (χ3n) is 1.78. The Morgan fingerprint density at radius 3 is 2.57 bits per heavy atom. The first-order valence-electron chi connectivity index (χ1n) is 3.93. The van der Waals surface area contributed by atoms with Gasteiger partial charge in [0.05, 0.1) is 0 Å². The van der Waals surface area contributed by atoms with Gasteiger partial charge in [0.2, 0.25) is 5.91 Å². The van der Waals surface area contributed by atoms with Crippen LogP contribution in [0.15, 0.2) is 24.3 Å². The standard InChI is InChI=1S/C9H10FNO3/c10-6-3-1-2-5(4-6)7(12)8(13)9(11)14/h1-4,7-8,12-13H,(H2,11,14). The Balaban J connectivity index is 2.89. The van der Waals surface area contributed by atoms with Gasteiger partial charge in [0.1, 0.15) is 11.9 Å². The van der Waals surface area contributed by atoms with E-state index in [0.29, 0.717) is 0 Å². The number of halogens is 1. The number of primary amides is 1. The van der Waals surface area contributed by atoms with Crippen LogP contribution in [-0.4, -0.2) is 22.2 Å². The van der Waals surface area contributed by atoms with Crippen LogP contribution in [-0.2, 0) is 4.79 Å². The smallest absolute Gasteiger partial charge is 0.249 e. The van der Waals surface area contributed by atoms with E-state index in [1.165, 1.54) is 18.2 Å². The molecule has 1 amide bonds. The lowest BCUT2D eigenvalue weighted by atomic mass is 10.0. The van der Waals surface area contributed by atoms with Crippen molar-refractivity contribution in [3.8, 4) is 0 Å². The lowest BCUT2D eigenvalue weighted by molar-refractivity contribution is -0.131. The summed E-state index contributed by atoms with van der Waals surface area (Å²) in [5.41, 5.74) is 4.88. The molecule has 2 unspecified atom stereocenters. The van der Waals surface area contributed by atoms with Gasteiger partial charge in [-0.25, -0.2) is 4.39 Å². The van der Waals surface area contributed by atoms with Crippen LogP contribution >= 0.6 is 0 Å². The second-order valence-electron chi connectivity index (χ2n) is 2.85. The van der Waals surface area contributed by atoms with Gasteiger partial charge in [-0.2, -0.15) is 0 Å². The number of carbonyl (C=O) groups excluding carboxylic acids is 1. The Bertz CT molecular complexity index is 343. The molecule has 0 bridgehead atoms. The number of hydrogen-bond donors (Lipinski definition) is 3. The predicted molar refractivity (Wildman–Crippen MR) is 46.6 cm³/mol. The van der Waals surface area contributed by atoms with E-state index in [1.54, 1.807) is 0 Å². The molecule has 76 valence electrons. The normalized spacial score (nSPS) is 14.8. The molecule has 0 radical (unpaired) electrons. The molecule has 0 fully saturated rings. The van der Waals surface area contributed by atoms with Crippen LogP contribution in [0.1, 0.15) is 11.7 Å². The molecule has 1 rings (SSSR count). The first-order chi connectivity index (χ1) is 6.52. The van der Waals surface area contributed by atoms with Gasteiger partial charge in [-0.05, 0) is 17.7 Å². The molecule has 1 aromatic rings. The second kappa shape index (κ2) is 4.17. The highest BCUT2D eigenvalue weighted by Gasteiger charge is 2.23. The van der Waals surface area contributed by atoms with E-state index < -0.39 is 23.9 Å². The van der Waals surface area contributed by atoms with Crippen LogP contribution in [0, 0.1) is 5.82 Å². The predicted octanol–water partition coefficient (Wildman–Crippen LogP) is -0.295. The van der Waals surface area contributed by atoms with E-state index in [-0.39, 0.29) is 5.56 Å². The molecule has 5 heteroatoms. The van der Waals surface area contributed by atoms with E-state index in [4.69, 9.17) is 10.8 Å². The zero-order chi connectivity index (χ0) is 10.7. The Labute approximate surface area is 79.8 Å². The van der Waals surface area contributed by atoms with E-state index in [9.17, 15) is 14.3 Å². The molecule has 2 atom stereocenters. The highest BCUT2D eigenvalue weighted by molar-refractivity contribution is 5.79. The summed E-state index contributed by atoms with van der Waals surface area (Å²) in [7, 11) is 0. The molecule has 0 saturated carbocycles. The minimum absolute atomic E-state index is 0.108. The van der Waals surface area contributed by atoms with E-state index in [1.807, 2.05) is 0 Å². The lowest BCUT2D eigenvalue weighted by Crippen LogP contribution is -2.33. The van der Waals surface area contributed by atoms with Crippen LogP contribution < -0.4 is 5.73 Å². The molecule has 0 aliphatic carbocycles. The summed E-state index contributed by atoms with van der Waals surface area (Å²) in [4.78, 5) is 10.5. The summed E-state index contributed by atoms with van der Waals surface area (Å²) in [6.45, 7) is 0. The summed E-state index contributed by atoms with van der Waals surface area (Å²) >= 11 is 0. The SMILES string of the molecule is NC(=O)C(O)C(O)c1cccc(F)c1.